The summed E-state index contributed by atoms with van der Waals surface area (Å²) in [5.74, 6) is 0.858. The third-order valence-corrected chi connectivity index (χ3v) is 4.61. The standard InChI is InChI=1S/C20H21Cl3O5/c1-26-10-16(25)12-27-17-4-2-13(3-5-17)6-14-7-18(22)20(19(23)8-14)28-11-15(24)9-21/h2-5,7-8,15,24H,6,9-12H2,1H3/t15-/m0/s1. The van der Waals surface area contributed by atoms with E-state index in [0.29, 0.717) is 28.0 Å². The van der Waals surface area contributed by atoms with E-state index >= 15 is 0 Å². The molecule has 152 valence electrons. The van der Waals surface area contributed by atoms with Crippen LogP contribution in [0.5, 0.6) is 11.5 Å². The predicted octanol–water partition coefficient (Wildman–Crippen LogP) is 4.16. The highest BCUT2D eigenvalue weighted by Gasteiger charge is 2.12. The highest BCUT2D eigenvalue weighted by atomic mass is 35.5. The Hall–Kier alpha value is -1.50. The number of rotatable bonds is 11. The molecule has 0 spiro atoms. The minimum Gasteiger partial charge on any atom is -0.488 e. The van der Waals surface area contributed by atoms with Crippen molar-refractivity contribution in [1.82, 2.24) is 0 Å². The van der Waals surface area contributed by atoms with Crippen LogP contribution < -0.4 is 9.47 Å². The maximum atomic E-state index is 11.4. The number of hydrogen-bond acceptors (Lipinski definition) is 5. The molecule has 0 bridgehead atoms. The Balaban J connectivity index is 1.98. The van der Waals surface area contributed by atoms with Crippen molar-refractivity contribution < 1.29 is 24.1 Å². The summed E-state index contributed by atoms with van der Waals surface area (Å²) in [6, 6.07) is 10.9. The summed E-state index contributed by atoms with van der Waals surface area (Å²) in [4.78, 5) is 11.4. The minimum absolute atomic E-state index is 0.0105. The van der Waals surface area contributed by atoms with Gasteiger partial charge in [0, 0.05) is 7.11 Å². The molecule has 0 radical (unpaired) electrons. The number of aliphatic hydroxyl groups excluding tert-OH is 1. The highest BCUT2D eigenvalue weighted by molar-refractivity contribution is 6.37. The minimum atomic E-state index is -0.793. The molecule has 0 saturated carbocycles. The second-order valence-corrected chi connectivity index (χ2v) is 7.21. The molecule has 0 aliphatic heterocycles. The lowest BCUT2D eigenvalue weighted by Crippen LogP contribution is -2.19. The average Bonchev–Trinajstić information content (AvgIpc) is 2.67. The van der Waals surface area contributed by atoms with Crippen LogP contribution in [0.2, 0.25) is 10.0 Å². The number of carbonyl (C=O) groups is 1. The van der Waals surface area contributed by atoms with Gasteiger partial charge in [-0.1, -0.05) is 35.3 Å². The van der Waals surface area contributed by atoms with Gasteiger partial charge in [0.15, 0.2) is 11.5 Å². The van der Waals surface area contributed by atoms with Gasteiger partial charge in [0.1, 0.15) is 31.7 Å². The first-order chi connectivity index (χ1) is 13.4. The number of ketones is 1. The van der Waals surface area contributed by atoms with Gasteiger partial charge in [0.25, 0.3) is 0 Å². The van der Waals surface area contributed by atoms with Crippen LogP contribution in [-0.2, 0) is 16.0 Å². The zero-order chi connectivity index (χ0) is 20.5. The van der Waals surface area contributed by atoms with Gasteiger partial charge in [-0.3, -0.25) is 4.79 Å². The van der Waals surface area contributed by atoms with E-state index in [1.54, 1.807) is 24.3 Å². The summed E-state index contributed by atoms with van der Waals surface area (Å²) in [7, 11) is 1.47. The van der Waals surface area contributed by atoms with Crippen molar-refractivity contribution in [2.75, 3.05) is 32.8 Å². The first-order valence-electron chi connectivity index (χ1n) is 8.50. The lowest BCUT2D eigenvalue weighted by atomic mass is 10.0. The van der Waals surface area contributed by atoms with Crippen LogP contribution in [-0.4, -0.2) is 49.8 Å². The molecule has 28 heavy (non-hydrogen) atoms. The number of aliphatic hydroxyl groups is 1. The largest absolute Gasteiger partial charge is 0.488 e. The summed E-state index contributed by atoms with van der Waals surface area (Å²) in [5, 5.41) is 10.2. The molecule has 5 nitrogen and oxygen atoms in total. The van der Waals surface area contributed by atoms with Crippen molar-refractivity contribution in [2.45, 2.75) is 12.5 Å². The number of alkyl halides is 1. The first-order valence-corrected chi connectivity index (χ1v) is 9.79. The van der Waals surface area contributed by atoms with Crippen LogP contribution in [0.15, 0.2) is 36.4 Å². The molecule has 0 fully saturated rings. The Morgan fingerprint density at radius 3 is 2.25 bits per heavy atom. The third-order valence-electron chi connectivity index (χ3n) is 3.69. The molecular formula is C20H21Cl3O5. The van der Waals surface area contributed by atoms with Gasteiger partial charge in [-0.2, -0.15) is 0 Å². The van der Waals surface area contributed by atoms with Gasteiger partial charge in [-0.15, -0.1) is 11.6 Å². The maximum absolute atomic E-state index is 11.4. The third kappa shape index (κ3) is 7.15. The zero-order valence-corrected chi connectivity index (χ0v) is 17.6. The number of hydrogen-bond donors (Lipinski definition) is 1. The second kappa shape index (κ2) is 11.5. The van der Waals surface area contributed by atoms with Crippen molar-refractivity contribution in [1.29, 1.82) is 0 Å². The van der Waals surface area contributed by atoms with E-state index in [1.165, 1.54) is 7.11 Å². The van der Waals surface area contributed by atoms with E-state index in [1.807, 2.05) is 12.1 Å². The molecule has 1 atom stereocenters. The fourth-order valence-electron chi connectivity index (χ4n) is 2.38. The molecule has 0 amide bonds. The van der Waals surface area contributed by atoms with Crippen LogP contribution in [0.25, 0.3) is 0 Å². The molecule has 8 heteroatoms. The lowest BCUT2D eigenvalue weighted by molar-refractivity contribution is -0.124. The molecule has 2 rings (SSSR count). The van der Waals surface area contributed by atoms with Crippen molar-refractivity contribution >= 4 is 40.6 Å². The first kappa shape index (κ1) is 22.8. The Kier molecular flexibility index (Phi) is 9.35. The van der Waals surface area contributed by atoms with E-state index in [-0.39, 0.29) is 31.5 Å². The molecule has 0 aliphatic rings. The van der Waals surface area contributed by atoms with E-state index < -0.39 is 6.10 Å². The maximum Gasteiger partial charge on any atom is 0.195 e. The summed E-state index contributed by atoms with van der Waals surface area (Å²) < 4.78 is 15.6. The van der Waals surface area contributed by atoms with Gasteiger partial charge in [-0.05, 0) is 41.8 Å². The van der Waals surface area contributed by atoms with Gasteiger partial charge >= 0.3 is 0 Å². The Bertz CT molecular complexity index is 757. The molecule has 1 N–H and O–H groups in total. The van der Waals surface area contributed by atoms with Crippen LogP contribution in [0.1, 0.15) is 11.1 Å². The van der Waals surface area contributed by atoms with Gasteiger partial charge in [0.2, 0.25) is 0 Å². The summed E-state index contributed by atoms with van der Waals surface area (Å²) >= 11 is 18.1. The SMILES string of the molecule is COCC(=O)COc1ccc(Cc2cc(Cl)c(OC[C@@H](O)CCl)c(Cl)c2)cc1. The molecule has 0 unspecified atom stereocenters. The van der Waals surface area contributed by atoms with Gasteiger partial charge in [-0.25, -0.2) is 0 Å². The van der Waals surface area contributed by atoms with Crippen molar-refractivity contribution in [3.63, 3.8) is 0 Å². The van der Waals surface area contributed by atoms with Crippen LogP contribution in [0.3, 0.4) is 0 Å². The smallest absolute Gasteiger partial charge is 0.195 e. The Labute approximate surface area is 179 Å². The molecule has 2 aromatic rings. The van der Waals surface area contributed by atoms with Gasteiger partial charge in [0.05, 0.1) is 15.9 Å². The van der Waals surface area contributed by atoms with Crippen LogP contribution in [0, 0.1) is 0 Å². The highest BCUT2D eigenvalue weighted by Crippen LogP contribution is 2.35. The van der Waals surface area contributed by atoms with Gasteiger partial charge < -0.3 is 19.3 Å². The van der Waals surface area contributed by atoms with Crippen LogP contribution >= 0.6 is 34.8 Å². The van der Waals surface area contributed by atoms with Crippen molar-refractivity contribution in [2.24, 2.45) is 0 Å². The number of methoxy groups -OCH3 is 1. The Morgan fingerprint density at radius 2 is 1.68 bits per heavy atom. The fourth-order valence-corrected chi connectivity index (χ4v) is 3.11. The monoisotopic (exact) mass is 446 g/mol. The molecule has 0 heterocycles. The summed E-state index contributed by atoms with van der Waals surface area (Å²) in [6.45, 7) is 0.0130. The fraction of sp³-hybridized carbons (Fsp3) is 0.350. The number of benzene rings is 2. The second-order valence-electron chi connectivity index (χ2n) is 6.09. The molecular weight excluding hydrogens is 427 g/mol. The normalized spacial score (nSPS) is 11.9. The molecule has 0 aromatic heterocycles. The average molecular weight is 448 g/mol. The lowest BCUT2D eigenvalue weighted by Gasteiger charge is -2.14. The molecule has 2 aromatic carbocycles. The number of halogens is 3. The quantitative estimate of drug-likeness (QED) is 0.524. The molecule has 0 aliphatic carbocycles. The number of ether oxygens (including phenoxy) is 3. The predicted molar refractivity (Wildman–Crippen MR) is 110 cm³/mol. The summed E-state index contributed by atoms with van der Waals surface area (Å²) in [5.41, 5.74) is 1.93. The van der Waals surface area contributed by atoms with E-state index in [0.717, 1.165) is 11.1 Å². The van der Waals surface area contributed by atoms with Crippen LogP contribution in [0.4, 0.5) is 0 Å². The number of carbonyl (C=O) groups excluding carboxylic acids is 1. The zero-order valence-electron chi connectivity index (χ0n) is 15.3. The Morgan fingerprint density at radius 1 is 1.04 bits per heavy atom. The summed E-state index contributed by atoms with van der Waals surface area (Å²) in [6.07, 6.45) is -0.189. The molecule has 0 saturated heterocycles. The van der Waals surface area contributed by atoms with Crippen molar-refractivity contribution in [3.05, 3.63) is 57.6 Å². The number of Topliss-reactive ketones (excluding diaryl/α,β-unsaturated/α-hetero) is 1. The van der Waals surface area contributed by atoms with Crippen molar-refractivity contribution in [3.8, 4) is 11.5 Å². The topological polar surface area (TPSA) is 65.0 Å². The van der Waals surface area contributed by atoms with E-state index in [9.17, 15) is 9.90 Å². The van der Waals surface area contributed by atoms with E-state index in [4.69, 9.17) is 49.0 Å². The van der Waals surface area contributed by atoms with E-state index in [2.05, 4.69) is 0 Å².